The van der Waals surface area contributed by atoms with Gasteiger partial charge in [0.2, 0.25) is 0 Å². The van der Waals surface area contributed by atoms with Crippen molar-refractivity contribution >= 4 is 45.4 Å². The van der Waals surface area contributed by atoms with Gasteiger partial charge >= 0.3 is 0 Å². The number of alkyl halides is 1. The number of hydrogen-bond acceptors (Lipinski definition) is 4. The number of benzene rings is 3. The summed E-state index contributed by atoms with van der Waals surface area (Å²) in [5.74, 6) is 0.903. The Labute approximate surface area is 199 Å². The minimum absolute atomic E-state index is 0.103. The smallest absolute Gasteiger partial charge is 0.153 e. The number of phenolic OH excluding ortho intramolecular Hbond substituents is 1. The highest BCUT2D eigenvalue weighted by Gasteiger charge is 2.14. The molecule has 0 aliphatic rings. The monoisotopic (exact) mass is 522 g/mol. The zero-order valence-corrected chi connectivity index (χ0v) is 19.9. The summed E-state index contributed by atoms with van der Waals surface area (Å²) in [6, 6.07) is 14.3. The van der Waals surface area contributed by atoms with Crippen molar-refractivity contribution in [3.05, 3.63) is 75.3 Å². The molecule has 3 aromatic carbocycles. The molecule has 0 fully saturated rings. The lowest BCUT2D eigenvalue weighted by Gasteiger charge is -2.16. The van der Waals surface area contributed by atoms with Crippen LogP contribution in [0.1, 0.15) is 27.9 Å². The predicted octanol–water partition coefficient (Wildman–Crippen LogP) is 7.23. The van der Waals surface area contributed by atoms with Gasteiger partial charge in [-0.25, -0.2) is 0 Å². The Morgan fingerprint density at radius 1 is 1.03 bits per heavy atom. The molecule has 0 aliphatic carbocycles. The Bertz CT molecular complexity index is 1090. The number of carbonyl (C=O) groups excluding carboxylic acids is 1. The van der Waals surface area contributed by atoms with E-state index in [1.165, 1.54) is 12.1 Å². The lowest BCUT2D eigenvalue weighted by atomic mass is 9.98. The van der Waals surface area contributed by atoms with Crippen molar-refractivity contribution in [1.82, 2.24) is 0 Å². The Morgan fingerprint density at radius 3 is 2.52 bits per heavy atom. The SMILES string of the molecule is Cc1c(OCCCBr)cccc1-c1cccc(COc2cc(O)c(C=O)cc2Cl)c1Cl. The maximum absolute atomic E-state index is 10.9. The normalized spacial score (nSPS) is 10.7. The van der Waals surface area contributed by atoms with E-state index in [1.807, 2.05) is 43.3 Å². The summed E-state index contributed by atoms with van der Waals surface area (Å²) in [5.41, 5.74) is 3.73. The van der Waals surface area contributed by atoms with Gasteiger partial charge in [0.05, 0.1) is 22.2 Å². The average molecular weight is 524 g/mol. The second-order valence-electron chi connectivity index (χ2n) is 6.85. The minimum atomic E-state index is -0.193. The van der Waals surface area contributed by atoms with Crippen molar-refractivity contribution in [1.29, 1.82) is 0 Å². The van der Waals surface area contributed by atoms with E-state index < -0.39 is 0 Å². The number of halogens is 3. The lowest BCUT2D eigenvalue weighted by molar-refractivity contribution is 0.112. The van der Waals surface area contributed by atoms with Crippen LogP contribution in [-0.4, -0.2) is 23.3 Å². The number of hydrogen-bond donors (Lipinski definition) is 1. The molecule has 7 heteroatoms. The highest BCUT2D eigenvalue weighted by atomic mass is 79.9. The van der Waals surface area contributed by atoms with E-state index in [4.69, 9.17) is 32.7 Å². The quantitative estimate of drug-likeness (QED) is 0.182. The number of ether oxygens (including phenoxy) is 2. The first-order chi connectivity index (χ1) is 15.0. The van der Waals surface area contributed by atoms with E-state index in [0.29, 0.717) is 17.9 Å². The molecule has 0 saturated heterocycles. The van der Waals surface area contributed by atoms with Gasteiger partial charge in [0.25, 0.3) is 0 Å². The van der Waals surface area contributed by atoms with Crippen LogP contribution in [0.5, 0.6) is 17.2 Å². The van der Waals surface area contributed by atoms with Crippen molar-refractivity contribution in [2.75, 3.05) is 11.9 Å². The van der Waals surface area contributed by atoms with Gasteiger partial charge in [-0.1, -0.05) is 69.5 Å². The molecule has 31 heavy (non-hydrogen) atoms. The summed E-state index contributed by atoms with van der Waals surface area (Å²) < 4.78 is 11.7. The second-order valence-corrected chi connectivity index (χ2v) is 8.42. The first-order valence-electron chi connectivity index (χ1n) is 9.63. The van der Waals surface area contributed by atoms with Gasteiger partial charge in [0, 0.05) is 22.5 Å². The van der Waals surface area contributed by atoms with Crippen LogP contribution in [0.15, 0.2) is 48.5 Å². The maximum atomic E-state index is 10.9. The fourth-order valence-corrected chi connectivity index (χ4v) is 3.86. The maximum Gasteiger partial charge on any atom is 0.153 e. The number of phenols is 1. The molecular weight excluding hydrogens is 503 g/mol. The molecule has 0 amide bonds. The number of carbonyl (C=O) groups is 1. The molecule has 3 aromatic rings. The topological polar surface area (TPSA) is 55.8 Å². The van der Waals surface area contributed by atoms with E-state index in [1.54, 1.807) is 0 Å². The summed E-state index contributed by atoms with van der Waals surface area (Å²) in [5, 5.41) is 11.6. The summed E-state index contributed by atoms with van der Waals surface area (Å²) in [6.45, 7) is 2.79. The highest BCUT2D eigenvalue weighted by Crippen LogP contribution is 2.37. The molecule has 3 rings (SSSR count). The molecule has 0 aromatic heterocycles. The lowest BCUT2D eigenvalue weighted by Crippen LogP contribution is -2.01. The van der Waals surface area contributed by atoms with Crippen LogP contribution in [0.25, 0.3) is 11.1 Å². The molecule has 0 radical (unpaired) electrons. The molecule has 162 valence electrons. The third-order valence-electron chi connectivity index (χ3n) is 4.78. The molecule has 4 nitrogen and oxygen atoms in total. The second kappa shape index (κ2) is 10.9. The number of aldehydes is 1. The molecule has 0 aliphatic heterocycles. The molecule has 1 N–H and O–H groups in total. The Kier molecular flexibility index (Phi) is 8.24. The third-order valence-corrected chi connectivity index (χ3v) is 6.08. The largest absolute Gasteiger partial charge is 0.507 e. The standard InChI is InChI=1S/C24H21BrCl2O4/c1-15-18(6-3-8-22(15)30-10-4-9-25)19-7-2-5-16(24(19)27)14-31-23-12-21(29)17(13-28)11-20(23)26/h2-3,5-8,11-13,29H,4,9-10,14H2,1H3. The van der Waals surface area contributed by atoms with Gasteiger partial charge < -0.3 is 14.6 Å². The van der Waals surface area contributed by atoms with E-state index >= 15 is 0 Å². The number of aromatic hydroxyl groups is 1. The zero-order valence-electron chi connectivity index (χ0n) is 16.8. The summed E-state index contributed by atoms with van der Waals surface area (Å²) >= 11 is 16.3. The van der Waals surface area contributed by atoms with Gasteiger partial charge in [0.15, 0.2) is 6.29 Å². The van der Waals surface area contributed by atoms with Gasteiger partial charge in [-0.05, 0) is 36.6 Å². The fourth-order valence-electron chi connectivity index (χ4n) is 3.12. The van der Waals surface area contributed by atoms with Gasteiger partial charge in [-0.15, -0.1) is 0 Å². The van der Waals surface area contributed by atoms with Crippen molar-refractivity contribution in [2.45, 2.75) is 20.0 Å². The van der Waals surface area contributed by atoms with Crippen molar-refractivity contribution in [3.63, 3.8) is 0 Å². The molecule has 0 unspecified atom stereocenters. The zero-order chi connectivity index (χ0) is 22.4. The Hall–Kier alpha value is -2.21. The third kappa shape index (κ3) is 5.53. The van der Waals surface area contributed by atoms with Crippen molar-refractivity contribution < 1.29 is 19.4 Å². The average Bonchev–Trinajstić information content (AvgIpc) is 2.76. The number of rotatable bonds is 9. The minimum Gasteiger partial charge on any atom is -0.507 e. The van der Waals surface area contributed by atoms with Crippen molar-refractivity contribution in [2.24, 2.45) is 0 Å². The molecule has 0 saturated carbocycles. The molecule has 0 atom stereocenters. The van der Waals surface area contributed by atoms with Crippen LogP contribution in [-0.2, 0) is 6.61 Å². The molecule has 0 heterocycles. The van der Waals surface area contributed by atoms with Crippen LogP contribution >= 0.6 is 39.1 Å². The van der Waals surface area contributed by atoms with Gasteiger partial charge in [-0.2, -0.15) is 0 Å². The summed E-state index contributed by atoms with van der Waals surface area (Å²) in [4.78, 5) is 10.9. The van der Waals surface area contributed by atoms with Gasteiger partial charge in [0.1, 0.15) is 23.9 Å². The van der Waals surface area contributed by atoms with E-state index in [-0.39, 0.29) is 28.7 Å². The molecule has 0 bridgehead atoms. The van der Waals surface area contributed by atoms with Crippen molar-refractivity contribution in [3.8, 4) is 28.4 Å². The van der Waals surface area contributed by atoms with Crippen LogP contribution < -0.4 is 9.47 Å². The predicted molar refractivity (Wildman–Crippen MR) is 128 cm³/mol. The van der Waals surface area contributed by atoms with Crippen LogP contribution in [0.2, 0.25) is 10.0 Å². The Morgan fingerprint density at radius 2 is 1.77 bits per heavy atom. The van der Waals surface area contributed by atoms with Crippen LogP contribution in [0, 0.1) is 6.92 Å². The first kappa shape index (κ1) is 23.5. The van der Waals surface area contributed by atoms with Gasteiger partial charge in [-0.3, -0.25) is 4.79 Å². The molecule has 0 spiro atoms. The summed E-state index contributed by atoms with van der Waals surface area (Å²) in [6.07, 6.45) is 1.45. The first-order valence-corrected chi connectivity index (χ1v) is 11.5. The summed E-state index contributed by atoms with van der Waals surface area (Å²) in [7, 11) is 0. The van der Waals surface area contributed by atoms with E-state index in [0.717, 1.165) is 39.8 Å². The Balaban J connectivity index is 1.85. The van der Waals surface area contributed by atoms with E-state index in [9.17, 15) is 9.90 Å². The van der Waals surface area contributed by atoms with Crippen LogP contribution in [0.4, 0.5) is 0 Å². The fraction of sp³-hybridized carbons (Fsp3) is 0.208. The van der Waals surface area contributed by atoms with E-state index in [2.05, 4.69) is 15.9 Å². The van der Waals surface area contributed by atoms with Crippen LogP contribution in [0.3, 0.4) is 0 Å². The highest BCUT2D eigenvalue weighted by molar-refractivity contribution is 9.09. The molecular formula is C24H21BrCl2O4.